The molecule has 0 saturated heterocycles. The second-order valence-corrected chi connectivity index (χ2v) is 5.19. The highest BCUT2D eigenvalue weighted by molar-refractivity contribution is 7.09. The lowest BCUT2D eigenvalue weighted by Crippen LogP contribution is -1.93. The monoisotopic (exact) mass is 250 g/mol. The van der Waals surface area contributed by atoms with Gasteiger partial charge in [-0.1, -0.05) is 22.7 Å². The molecule has 0 fully saturated rings. The van der Waals surface area contributed by atoms with Crippen LogP contribution in [0, 0.1) is 0 Å². The molecule has 0 saturated carbocycles. The number of benzene rings is 1. The highest BCUT2D eigenvalue weighted by Gasteiger charge is 2.13. The molecule has 3 aromatic rings. The Bertz CT molecular complexity index is 775. The fourth-order valence-corrected chi connectivity index (χ4v) is 3.12. The molecule has 0 spiro atoms. The molecular weight excluding hydrogens is 248 g/mol. The van der Waals surface area contributed by atoms with Crippen molar-refractivity contribution in [2.24, 2.45) is 0 Å². The fraction of sp³-hybridized carbons (Fsp3) is 0. The van der Waals surface area contributed by atoms with Crippen LogP contribution in [0.2, 0.25) is 0 Å². The summed E-state index contributed by atoms with van der Waals surface area (Å²) in [6, 6.07) is 2.70. The second kappa shape index (κ2) is 2.93. The van der Waals surface area contributed by atoms with Crippen molar-refractivity contribution < 1.29 is 0 Å². The first-order chi connectivity index (χ1) is 7.58. The van der Waals surface area contributed by atoms with E-state index in [1.165, 1.54) is 12.1 Å². The van der Waals surface area contributed by atoms with Gasteiger partial charge in [-0.25, -0.2) is 0 Å². The first-order valence-corrected chi connectivity index (χ1v) is 5.92. The summed E-state index contributed by atoms with van der Waals surface area (Å²) >= 11 is 1.19. The van der Waals surface area contributed by atoms with E-state index in [4.69, 9.17) is 0 Å². The van der Waals surface area contributed by atoms with Crippen molar-refractivity contribution in [3.8, 4) is 0 Å². The molecule has 6 heteroatoms. The van der Waals surface area contributed by atoms with Crippen LogP contribution in [-0.2, 0) is 0 Å². The van der Waals surface area contributed by atoms with Gasteiger partial charge in [-0.3, -0.25) is 19.2 Å². The van der Waals surface area contributed by atoms with E-state index in [1.54, 1.807) is 0 Å². The molecular formula is C10H2O4S2. The first kappa shape index (κ1) is 9.56. The molecule has 0 N–H and O–H groups in total. The van der Waals surface area contributed by atoms with E-state index in [-0.39, 0.29) is 40.5 Å². The quantitative estimate of drug-likeness (QED) is 0.580. The molecule has 0 radical (unpaired) electrons. The molecule has 3 rings (SSSR count). The number of thiophene rings is 2. The van der Waals surface area contributed by atoms with Gasteiger partial charge < -0.3 is 0 Å². The van der Waals surface area contributed by atoms with Crippen molar-refractivity contribution in [2.45, 2.75) is 0 Å². The maximum atomic E-state index is 11.4. The van der Waals surface area contributed by atoms with Crippen molar-refractivity contribution in [2.75, 3.05) is 0 Å². The Balaban J connectivity index is 2.80. The van der Waals surface area contributed by atoms with Crippen LogP contribution in [0.15, 0.2) is 31.3 Å². The lowest BCUT2D eigenvalue weighted by molar-refractivity contribution is 1.87. The van der Waals surface area contributed by atoms with E-state index in [1.807, 2.05) is 0 Å². The van der Waals surface area contributed by atoms with Crippen LogP contribution < -0.4 is 19.0 Å². The lowest BCUT2D eigenvalue weighted by atomic mass is 10.1. The Hall–Kier alpha value is -1.66. The molecule has 0 aliphatic heterocycles. The molecule has 2 heterocycles. The van der Waals surface area contributed by atoms with E-state index >= 15 is 0 Å². The van der Waals surface area contributed by atoms with Crippen LogP contribution in [-0.4, -0.2) is 0 Å². The predicted molar refractivity (Wildman–Crippen MR) is 64.7 cm³/mol. The zero-order chi connectivity index (χ0) is 11.4. The van der Waals surface area contributed by atoms with Gasteiger partial charge in [-0.15, -0.1) is 0 Å². The summed E-state index contributed by atoms with van der Waals surface area (Å²) in [4.78, 5) is 45.6. The van der Waals surface area contributed by atoms with Crippen LogP contribution in [0.5, 0.6) is 0 Å². The summed E-state index contributed by atoms with van der Waals surface area (Å²) in [5.74, 6) is 0. The Labute approximate surface area is 94.7 Å². The lowest BCUT2D eigenvalue weighted by Gasteiger charge is -1.87. The summed E-state index contributed by atoms with van der Waals surface area (Å²) in [5.41, 5.74) is 0. The molecule has 0 atom stereocenters. The summed E-state index contributed by atoms with van der Waals surface area (Å²) in [6.45, 7) is 0. The van der Waals surface area contributed by atoms with Gasteiger partial charge >= 0.3 is 0 Å². The number of hydrogen-bond donors (Lipinski definition) is 0. The minimum atomic E-state index is -0.361. The van der Waals surface area contributed by atoms with Gasteiger partial charge in [-0.05, 0) is 12.1 Å². The average Bonchev–Trinajstić information content (AvgIpc) is 2.67. The predicted octanol–water partition coefficient (Wildman–Crippen LogP) is 0.432. The van der Waals surface area contributed by atoms with Gasteiger partial charge in [0.05, 0.1) is 0 Å². The first-order valence-electron chi connectivity index (χ1n) is 4.29. The maximum absolute atomic E-state index is 11.4. The molecule has 4 nitrogen and oxygen atoms in total. The summed E-state index contributed by atoms with van der Waals surface area (Å²) in [5, 5.41) is 0.935. The molecule has 1 aromatic carbocycles. The third kappa shape index (κ3) is 1.08. The summed E-state index contributed by atoms with van der Waals surface area (Å²) in [6.07, 6.45) is 0. The topological polar surface area (TPSA) is 68.3 Å². The molecule has 0 aliphatic rings. The van der Waals surface area contributed by atoms with E-state index in [0.29, 0.717) is 22.7 Å². The SMILES string of the molecule is O=c1sc(=O)c2cc3c(=O)sc(=O)c3cc12. The highest BCUT2D eigenvalue weighted by Crippen LogP contribution is 2.15. The molecule has 2 aromatic heterocycles. The van der Waals surface area contributed by atoms with E-state index in [0.717, 1.165) is 0 Å². The number of rotatable bonds is 0. The van der Waals surface area contributed by atoms with Crippen LogP contribution in [0.25, 0.3) is 21.5 Å². The Morgan fingerprint density at radius 1 is 0.562 bits per heavy atom. The van der Waals surface area contributed by atoms with Crippen LogP contribution in [0.1, 0.15) is 0 Å². The van der Waals surface area contributed by atoms with Crippen LogP contribution in [0.4, 0.5) is 0 Å². The fourth-order valence-electron chi connectivity index (χ4n) is 1.66. The Morgan fingerprint density at radius 2 is 0.812 bits per heavy atom. The molecule has 78 valence electrons. The van der Waals surface area contributed by atoms with Crippen LogP contribution >= 0.6 is 22.7 Å². The van der Waals surface area contributed by atoms with Gasteiger partial charge in [0.15, 0.2) is 0 Å². The zero-order valence-electron chi connectivity index (χ0n) is 7.60. The van der Waals surface area contributed by atoms with E-state index in [2.05, 4.69) is 0 Å². The van der Waals surface area contributed by atoms with Crippen molar-refractivity contribution >= 4 is 44.2 Å². The smallest absolute Gasteiger partial charge is 0.243 e. The number of fused-ring (bicyclic) bond motifs is 2. The second-order valence-electron chi connectivity index (χ2n) is 3.30. The molecule has 16 heavy (non-hydrogen) atoms. The maximum Gasteiger partial charge on any atom is 0.243 e. The average molecular weight is 250 g/mol. The minimum absolute atomic E-state index is 0.234. The normalized spacial score (nSPS) is 11.5. The third-order valence-electron chi connectivity index (χ3n) is 2.41. The van der Waals surface area contributed by atoms with Gasteiger partial charge in [0.2, 0.25) is 19.0 Å². The highest BCUT2D eigenvalue weighted by atomic mass is 32.1. The van der Waals surface area contributed by atoms with Gasteiger partial charge in [0.25, 0.3) is 0 Å². The molecule has 0 bridgehead atoms. The summed E-state index contributed by atoms with van der Waals surface area (Å²) < 4.78 is -1.44. The van der Waals surface area contributed by atoms with Gasteiger partial charge in [0.1, 0.15) is 0 Å². The standard InChI is InChI=1S/C10H2O4S2/c11-7-3-1-4-6(10(14)16-8(4)12)2-5(3)9(13)15-7/h1-2H. The molecule has 0 aliphatic carbocycles. The molecule has 0 unspecified atom stereocenters. The van der Waals surface area contributed by atoms with Gasteiger partial charge in [0, 0.05) is 21.5 Å². The van der Waals surface area contributed by atoms with Crippen molar-refractivity contribution in [3.05, 3.63) is 50.3 Å². The van der Waals surface area contributed by atoms with Crippen molar-refractivity contribution in [1.82, 2.24) is 0 Å². The third-order valence-corrected chi connectivity index (χ3v) is 4.03. The van der Waals surface area contributed by atoms with Crippen molar-refractivity contribution in [1.29, 1.82) is 0 Å². The Morgan fingerprint density at radius 3 is 1.06 bits per heavy atom. The summed E-state index contributed by atoms with van der Waals surface area (Å²) in [7, 11) is 0. The zero-order valence-corrected chi connectivity index (χ0v) is 9.24. The van der Waals surface area contributed by atoms with E-state index < -0.39 is 0 Å². The van der Waals surface area contributed by atoms with Crippen molar-refractivity contribution in [3.63, 3.8) is 0 Å². The van der Waals surface area contributed by atoms with Gasteiger partial charge in [-0.2, -0.15) is 0 Å². The Kier molecular flexibility index (Phi) is 1.75. The molecule has 0 amide bonds. The van der Waals surface area contributed by atoms with Crippen LogP contribution in [0.3, 0.4) is 0 Å². The number of hydrogen-bond acceptors (Lipinski definition) is 6. The minimum Gasteiger partial charge on any atom is -0.277 e. The largest absolute Gasteiger partial charge is 0.277 e. The van der Waals surface area contributed by atoms with E-state index in [9.17, 15) is 19.2 Å².